The molecule has 0 aliphatic carbocycles. The summed E-state index contributed by atoms with van der Waals surface area (Å²) in [7, 11) is 1.60. The van der Waals surface area contributed by atoms with Crippen molar-refractivity contribution in [2.24, 2.45) is 23.9 Å². The number of hydrogen-bond acceptors (Lipinski definition) is 5. The first-order valence-corrected chi connectivity index (χ1v) is 9.42. The van der Waals surface area contributed by atoms with Gasteiger partial charge in [-0.2, -0.15) is 0 Å². The molecule has 0 bridgehead atoms. The summed E-state index contributed by atoms with van der Waals surface area (Å²) >= 11 is 0. The van der Waals surface area contributed by atoms with Crippen molar-refractivity contribution in [3.8, 4) is 5.75 Å². The fraction of sp³-hybridized carbons (Fsp3) is 0.500. The first kappa shape index (κ1) is 21.4. The summed E-state index contributed by atoms with van der Waals surface area (Å²) in [5, 5.41) is 10.9. The summed E-state index contributed by atoms with van der Waals surface area (Å²) in [4.78, 5) is 21.2. The van der Waals surface area contributed by atoms with Gasteiger partial charge in [0.2, 0.25) is 5.82 Å². The van der Waals surface area contributed by atoms with Crippen LogP contribution in [0.1, 0.15) is 33.5 Å². The highest BCUT2D eigenvalue weighted by molar-refractivity contribution is 5.61. The molecule has 0 unspecified atom stereocenters. The Morgan fingerprint density at radius 3 is 2.32 bits per heavy atom. The second-order valence-electron chi connectivity index (χ2n) is 7.62. The first-order chi connectivity index (χ1) is 13.3. The molecule has 28 heavy (non-hydrogen) atoms. The number of nitrogens with zero attached hydrogens (tertiary/aromatic N) is 5. The monoisotopic (exact) mass is 387 g/mol. The molecule has 2 aromatic rings. The Bertz CT molecular complexity index is 787. The zero-order chi connectivity index (χ0) is 20.7. The maximum Gasteiger partial charge on any atom is 0.342 e. The normalized spacial score (nSPS) is 11.5. The number of imidazole rings is 1. The Balaban J connectivity index is 1.96. The van der Waals surface area contributed by atoms with Gasteiger partial charge in [0.1, 0.15) is 11.9 Å². The lowest BCUT2D eigenvalue weighted by atomic mass is 10.1. The number of aromatic nitrogens is 2. The highest BCUT2D eigenvalue weighted by Crippen LogP contribution is 2.20. The van der Waals surface area contributed by atoms with E-state index in [-0.39, 0.29) is 12.4 Å². The van der Waals surface area contributed by atoms with Crippen molar-refractivity contribution >= 4 is 17.8 Å². The van der Waals surface area contributed by atoms with Gasteiger partial charge in [0.15, 0.2) is 6.61 Å². The summed E-state index contributed by atoms with van der Waals surface area (Å²) in [6, 6.07) is 7.43. The summed E-state index contributed by atoms with van der Waals surface area (Å²) < 4.78 is 7.10. The van der Waals surface area contributed by atoms with Gasteiger partial charge in [-0.3, -0.25) is 0 Å². The van der Waals surface area contributed by atoms with Crippen LogP contribution in [-0.4, -0.2) is 38.8 Å². The second-order valence-corrected chi connectivity index (χ2v) is 7.62. The van der Waals surface area contributed by atoms with Crippen LogP contribution >= 0.6 is 0 Å². The van der Waals surface area contributed by atoms with Gasteiger partial charge < -0.3 is 19.8 Å². The van der Waals surface area contributed by atoms with Crippen molar-refractivity contribution in [3.05, 3.63) is 46.4 Å². The van der Waals surface area contributed by atoms with Gasteiger partial charge in [0, 0.05) is 13.1 Å². The van der Waals surface area contributed by atoms with Crippen LogP contribution in [0, 0.1) is 22.0 Å². The van der Waals surface area contributed by atoms with Gasteiger partial charge in [-0.05, 0) is 41.0 Å². The van der Waals surface area contributed by atoms with E-state index in [0.29, 0.717) is 23.4 Å². The maximum atomic E-state index is 10.9. The molecule has 1 heterocycles. The molecule has 0 aliphatic rings. The van der Waals surface area contributed by atoms with Crippen molar-refractivity contribution in [2.75, 3.05) is 13.1 Å². The molecule has 0 fully saturated rings. The number of ether oxygens (including phenoxy) is 1. The molecule has 0 aliphatic heterocycles. The van der Waals surface area contributed by atoms with E-state index in [1.807, 2.05) is 30.6 Å². The van der Waals surface area contributed by atoms with Crippen LogP contribution in [0.15, 0.2) is 35.5 Å². The Labute approximate surface area is 166 Å². The van der Waals surface area contributed by atoms with Crippen molar-refractivity contribution in [1.82, 2.24) is 14.5 Å². The number of nitro groups is 1. The lowest BCUT2D eigenvalue weighted by molar-refractivity contribution is -0.391. The Hall–Kier alpha value is -2.90. The van der Waals surface area contributed by atoms with E-state index in [0.717, 1.165) is 18.8 Å². The predicted molar refractivity (Wildman–Crippen MR) is 110 cm³/mol. The number of hydrogen-bond donors (Lipinski definition) is 0. The van der Waals surface area contributed by atoms with Crippen LogP contribution < -0.4 is 4.74 Å². The highest BCUT2D eigenvalue weighted by atomic mass is 16.6. The van der Waals surface area contributed by atoms with Gasteiger partial charge in [-0.25, -0.2) is 14.5 Å². The average Bonchev–Trinajstić information content (AvgIpc) is 2.98. The topological polar surface area (TPSA) is 85.8 Å². The largest absolute Gasteiger partial charge is 0.483 e. The van der Waals surface area contributed by atoms with Gasteiger partial charge in [-0.15, -0.1) is 0 Å². The molecule has 152 valence electrons. The summed E-state index contributed by atoms with van der Waals surface area (Å²) in [5.74, 6) is 2.24. The third-order valence-corrected chi connectivity index (χ3v) is 4.02. The van der Waals surface area contributed by atoms with Crippen molar-refractivity contribution < 1.29 is 9.66 Å². The molecule has 1 aromatic heterocycles. The van der Waals surface area contributed by atoms with Crippen LogP contribution in [0.2, 0.25) is 0 Å². The fourth-order valence-corrected chi connectivity index (χ4v) is 2.77. The standard InChI is InChI=1S/C20H29N5O3/c1-15(2)11-24(12-16(3)4)14-22-17-6-8-18(9-7-17)28-13-19-21-10-20(23(19)5)25(26)27/h6-10,14-16H,11-13H2,1-5H3. The van der Waals surface area contributed by atoms with Gasteiger partial charge >= 0.3 is 5.82 Å². The Kier molecular flexibility index (Phi) is 7.54. The molecule has 0 atom stereocenters. The second kappa shape index (κ2) is 9.87. The molecule has 2 rings (SSSR count). The number of aliphatic imine (C=N–C) groups is 1. The molecule has 0 saturated heterocycles. The van der Waals surface area contributed by atoms with E-state index in [9.17, 15) is 10.1 Å². The summed E-state index contributed by atoms with van der Waals surface area (Å²) in [5.41, 5.74) is 0.845. The third kappa shape index (κ3) is 6.37. The molecule has 0 amide bonds. The highest BCUT2D eigenvalue weighted by Gasteiger charge is 2.16. The Morgan fingerprint density at radius 1 is 1.21 bits per heavy atom. The van der Waals surface area contributed by atoms with Gasteiger partial charge in [0.05, 0.1) is 19.1 Å². The number of rotatable bonds is 10. The van der Waals surface area contributed by atoms with Crippen LogP contribution in [0.5, 0.6) is 5.75 Å². The maximum absolute atomic E-state index is 10.9. The van der Waals surface area contributed by atoms with Gasteiger partial charge in [0.25, 0.3) is 0 Å². The minimum absolute atomic E-state index is 0.0596. The molecule has 8 nitrogen and oxygen atoms in total. The summed E-state index contributed by atoms with van der Waals surface area (Å²) in [6.45, 7) is 10.9. The third-order valence-electron chi connectivity index (χ3n) is 4.02. The lowest BCUT2D eigenvalue weighted by Crippen LogP contribution is -2.30. The quantitative estimate of drug-likeness (QED) is 0.264. The molecule has 0 radical (unpaired) electrons. The lowest BCUT2D eigenvalue weighted by Gasteiger charge is -2.23. The average molecular weight is 387 g/mol. The smallest absolute Gasteiger partial charge is 0.342 e. The molecule has 0 saturated carbocycles. The molecule has 8 heteroatoms. The first-order valence-electron chi connectivity index (χ1n) is 9.42. The number of benzene rings is 1. The van der Waals surface area contributed by atoms with Crippen LogP contribution in [-0.2, 0) is 13.7 Å². The predicted octanol–water partition coefficient (Wildman–Crippen LogP) is 4.18. The van der Waals surface area contributed by atoms with E-state index in [1.54, 1.807) is 7.05 Å². The Morgan fingerprint density at radius 2 is 1.82 bits per heavy atom. The molecular formula is C20H29N5O3. The van der Waals surface area contributed by atoms with E-state index in [4.69, 9.17) is 4.74 Å². The van der Waals surface area contributed by atoms with E-state index in [1.165, 1.54) is 10.8 Å². The molecule has 0 spiro atoms. The molecule has 0 N–H and O–H groups in total. The van der Waals surface area contributed by atoms with Crippen molar-refractivity contribution in [2.45, 2.75) is 34.3 Å². The van der Waals surface area contributed by atoms with Crippen molar-refractivity contribution in [3.63, 3.8) is 0 Å². The van der Waals surface area contributed by atoms with Crippen molar-refractivity contribution in [1.29, 1.82) is 0 Å². The fourth-order valence-electron chi connectivity index (χ4n) is 2.77. The zero-order valence-electron chi connectivity index (χ0n) is 17.2. The SMILES string of the molecule is CC(C)CN(C=Nc1ccc(OCc2ncc([N+](=O)[O-])n2C)cc1)CC(C)C. The van der Waals surface area contributed by atoms with E-state index in [2.05, 4.69) is 42.6 Å². The van der Waals surface area contributed by atoms with E-state index < -0.39 is 4.92 Å². The van der Waals surface area contributed by atoms with Crippen LogP contribution in [0.4, 0.5) is 11.5 Å². The van der Waals surface area contributed by atoms with Crippen LogP contribution in [0.25, 0.3) is 0 Å². The van der Waals surface area contributed by atoms with E-state index >= 15 is 0 Å². The molecular weight excluding hydrogens is 358 g/mol. The van der Waals surface area contributed by atoms with Gasteiger partial charge in [-0.1, -0.05) is 27.7 Å². The minimum Gasteiger partial charge on any atom is -0.483 e. The summed E-state index contributed by atoms with van der Waals surface area (Å²) in [6.07, 6.45) is 3.14. The zero-order valence-corrected chi connectivity index (χ0v) is 17.2. The minimum atomic E-state index is -0.467. The van der Waals surface area contributed by atoms with Crippen LogP contribution in [0.3, 0.4) is 0 Å². The molecule has 1 aromatic carbocycles.